The minimum atomic E-state index is -0.823. The van der Waals surface area contributed by atoms with Crippen molar-refractivity contribution in [2.45, 2.75) is 53.8 Å². The first-order valence-corrected chi connectivity index (χ1v) is 15.0. The number of rotatable bonds is 10. The predicted octanol–water partition coefficient (Wildman–Crippen LogP) is 3.11. The highest BCUT2D eigenvalue weighted by atomic mass is 127. The lowest BCUT2D eigenvalue weighted by Gasteiger charge is -2.46. The summed E-state index contributed by atoms with van der Waals surface area (Å²) in [6, 6.07) is -0.416. The molecule has 12 heteroatoms. The number of carbonyl (C=O) groups is 3. The topological polar surface area (TPSA) is 103 Å². The molecule has 0 radical (unpaired) electrons. The number of hydrogen-bond acceptors (Lipinski definition) is 9. The Kier molecular flexibility index (Phi) is 8.96. The summed E-state index contributed by atoms with van der Waals surface area (Å²) in [4.78, 5) is 47.5. The molecular formula is C27H37IN4O6S. The zero-order valence-electron chi connectivity index (χ0n) is 22.8. The fourth-order valence-corrected chi connectivity index (χ4v) is 8.30. The van der Waals surface area contributed by atoms with Crippen LogP contribution in [0.5, 0.6) is 0 Å². The molecule has 4 aliphatic heterocycles. The number of aliphatic hydroxyl groups is 1. The van der Waals surface area contributed by atoms with Gasteiger partial charge in [0.05, 0.1) is 18.1 Å². The van der Waals surface area contributed by atoms with Gasteiger partial charge in [-0.1, -0.05) is 32.2 Å². The summed E-state index contributed by atoms with van der Waals surface area (Å²) in [6.45, 7) is 11.4. The SMILES string of the molecule is C=CCOC(=O)C1=C(S[C@H]2C[C@@H](CC3(I)N(C)C=CN3C)N(C(=O)OCC=C)C2)[C@H](C)[C@@H]2[C@@H]([C@@H](C)O)C(=O)N12. The van der Waals surface area contributed by atoms with E-state index in [0.29, 0.717) is 19.4 Å². The van der Waals surface area contributed by atoms with Gasteiger partial charge in [0, 0.05) is 61.6 Å². The Labute approximate surface area is 247 Å². The Balaban J connectivity index is 1.60. The fourth-order valence-electron chi connectivity index (χ4n) is 5.91. The first-order chi connectivity index (χ1) is 18.5. The number of nitrogens with zero attached hydrogens (tertiary/aromatic N) is 4. The van der Waals surface area contributed by atoms with E-state index in [2.05, 4.69) is 45.5 Å². The summed E-state index contributed by atoms with van der Waals surface area (Å²) < 4.78 is 10.5. The maximum absolute atomic E-state index is 13.1. The lowest BCUT2D eigenvalue weighted by Crippen LogP contribution is -2.63. The van der Waals surface area contributed by atoms with Gasteiger partial charge in [-0.3, -0.25) is 4.79 Å². The van der Waals surface area contributed by atoms with E-state index in [-0.39, 0.29) is 51.7 Å². The molecule has 4 rings (SSSR count). The Morgan fingerprint density at radius 3 is 2.44 bits per heavy atom. The van der Waals surface area contributed by atoms with Crippen molar-refractivity contribution < 1.29 is 29.0 Å². The maximum atomic E-state index is 13.1. The molecule has 0 spiro atoms. The first-order valence-electron chi connectivity index (χ1n) is 13.0. The standard InChI is InChI=1S/C27H37IN4O6S/c1-7-11-37-25(35)22-23(16(3)21-20(17(4)33)24(34)32(21)22)39-19-13-18(31(15-19)26(36)38-12-8-2)14-27(28)29(5)9-10-30(27)6/h7-10,16-21,33H,1-2,11-15H2,3-6H3/t16-,17-,18+,19+,20-,21-/m1/s1. The van der Waals surface area contributed by atoms with Crippen LogP contribution in [0.25, 0.3) is 0 Å². The van der Waals surface area contributed by atoms with Crippen LogP contribution in [0.2, 0.25) is 0 Å². The third-order valence-electron chi connectivity index (χ3n) is 7.95. The predicted molar refractivity (Wildman–Crippen MR) is 157 cm³/mol. The van der Waals surface area contributed by atoms with Gasteiger partial charge in [0.1, 0.15) is 18.9 Å². The van der Waals surface area contributed by atoms with Crippen LogP contribution in [-0.2, 0) is 19.1 Å². The molecule has 2 amide bonds. The highest BCUT2D eigenvalue weighted by Gasteiger charge is 2.60. The Hall–Kier alpha value is -2.19. The molecule has 0 bridgehead atoms. The molecule has 0 aromatic heterocycles. The highest BCUT2D eigenvalue weighted by molar-refractivity contribution is 14.1. The number of thioether (sulfide) groups is 1. The highest BCUT2D eigenvalue weighted by Crippen LogP contribution is 2.53. The van der Waals surface area contributed by atoms with Crippen molar-refractivity contribution in [3.63, 3.8) is 0 Å². The number of hydrogen-bond donors (Lipinski definition) is 1. The van der Waals surface area contributed by atoms with E-state index in [0.717, 1.165) is 4.91 Å². The fraction of sp³-hybridized carbons (Fsp3) is 0.593. The van der Waals surface area contributed by atoms with Crippen molar-refractivity contribution in [1.82, 2.24) is 19.6 Å². The number of aliphatic hydroxyl groups excluding tert-OH is 1. The van der Waals surface area contributed by atoms with Gasteiger partial charge in [-0.15, -0.1) is 11.8 Å². The van der Waals surface area contributed by atoms with Crippen LogP contribution < -0.4 is 0 Å². The number of likely N-dealkylation sites (tertiary alicyclic amines) is 1. The molecule has 0 unspecified atom stereocenters. The molecule has 214 valence electrons. The normalized spacial score (nSPS) is 29.9. The van der Waals surface area contributed by atoms with Gasteiger partial charge in [-0.2, -0.15) is 0 Å². The van der Waals surface area contributed by atoms with E-state index in [1.807, 2.05) is 33.4 Å². The average Bonchev–Trinajstić information content (AvgIpc) is 3.48. The molecule has 0 saturated carbocycles. The van der Waals surface area contributed by atoms with Crippen molar-refractivity contribution in [1.29, 1.82) is 0 Å². The minimum absolute atomic E-state index is 0.0302. The maximum Gasteiger partial charge on any atom is 0.410 e. The Bertz CT molecular complexity index is 1080. The van der Waals surface area contributed by atoms with Crippen molar-refractivity contribution in [2.75, 3.05) is 33.9 Å². The average molecular weight is 673 g/mol. The third kappa shape index (κ3) is 5.31. The monoisotopic (exact) mass is 672 g/mol. The summed E-state index contributed by atoms with van der Waals surface area (Å²) in [5.41, 5.74) is 0.246. The summed E-state index contributed by atoms with van der Waals surface area (Å²) in [7, 11) is 4.03. The second kappa shape index (κ2) is 11.7. The van der Waals surface area contributed by atoms with Crippen LogP contribution in [0, 0.1) is 11.8 Å². The molecule has 1 N–H and O–H groups in total. The summed E-state index contributed by atoms with van der Waals surface area (Å²) in [5.74, 6) is -1.58. The van der Waals surface area contributed by atoms with Gasteiger partial charge in [-0.25, -0.2) is 9.59 Å². The summed E-state index contributed by atoms with van der Waals surface area (Å²) in [5, 5.41) is 10.2. The molecule has 4 aliphatic rings. The van der Waals surface area contributed by atoms with Crippen LogP contribution in [0.4, 0.5) is 4.79 Å². The van der Waals surface area contributed by atoms with Gasteiger partial charge < -0.3 is 34.2 Å². The molecule has 0 aromatic rings. The Morgan fingerprint density at radius 2 is 1.85 bits per heavy atom. The zero-order chi connectivity index (χ0) is 28.6. The number of fused-ring (bicyclic) bond motifs is 1. The molecule has 10 nitrogen and oxygen atoms in total. The lowest BCUT2D eigenvalue weighted by molar-refractivity contribution is -0.164. The molecule has 0 aliphatic carbocycles. The van der Waals surface area contributed by atoms with Crippen LogP contribution >= 0.6 is 34.4 Å². The number of carbonyl (C=O) groups excluding carboxylic acids is 3. The number of halogens is 1. The van der Waals surface area contributed by atoms with E-state index in [9.17, 15) is 19.5 Å². The molecular weight excluding hydrogens is 635 g/mol. The van der Waals surface area contributed by atoms with Gasteiger partial charge in [0.15, 0.2) is 3.67 Å². The smallest absolute Gasteiger partial charge is 0.410 e. The lowest BCUT2D eigenvalue weighted by atomic mass is 9.79. The largest absolute Gasteiger partial charge is 0.457 e. The quantitative estimate of drug-likeness (QED) is 0.0938. The van der Waals surface area contributed by atoms with Crippen molar-refractivity contribution in [3.8, 4) is 0 Å². The second-order valence-electron chi connectivity index (χ2n) is 10.4. The number of alkyl halides is 1. The summed E-state index contributed by atoms with van der Waals surface area (Å²) >= 11 is 3.95. The van der Waals surface area contributed by atoms with Gasteiger partial charge in [0.25, 0.3) is 0 Å². The third-order valence-corrected chi connectivity index (χ3v) is 11.4. The van der Waals surface area contributed by atoms with E-state index < -0.39 is 24.1 Å². The van der Waals surface area contributed by atoms with E-state index >= 15 is 0 Å². The first kappa shape index (κ1) is 29.8. The molecule has 6 atom stereocenters. The Morgan fingerprint density at radius 1 is 1.23 bits per heavy atom. The number of esters is 1. The molecule has 39 heavy (non-hydrogen) atoms. The number of amides is 2. The van der Waals surface area contributed by atoms with Gasteiger partial charge in [0.2, 0.25) is 5.91 Å². The zero-order valence-corrected chi connectivity index (χ0v) is 25.8. The van der Waals surface area contributed by atoms with Crippen LogP contribution in [-0.4, -0.2) is 104 Å². The van der Waals surface area contributed by atoms with E-state index in [4.69, 9.17) is 9.47 Å². The molecule has 0 aromatic carbocycles. The van der Waals surface area contributed by atoms with Gasteiger partial charge in [-0.05, 0) is 35.9 Å². The van der Waals surface area contributed by atoms with Crippen molar-refractivity contribution >= 4 is 52.3 Å². The van der Waals surface area contributed by atoms with E-state index in [1.54, 1.807) is 17.9 Å². The molecule has 4 heterocycles. The van der Waals surface area contributed by atoms with Crippen molar-refractivity contribution in [3.05, 3.63) is 48.3 Å². The van der Waals surface area contributed by atoms with Crippen LogP contribution in [0.1, 0.15) is 26.7 Å². The van der Waals surface area contributed by atoms with E-state index in [1.165, 1.54) is 22.7 Å². The molecule has 2 fully saturated rings. The summed E-state index contributed by atoms with van der Waals surface area (Å²) in [6.07, 6.45) is 7.20. The molecule has 2 saturated heterocycles. The van der Waals surface area contributed by atoms with Crippen molar-refractivity contribution in [2.24, 2.45) is 11.8 Å². The van der Waals surface area contributed by atoms with Crippen LogP contribution in [0.15, 0.2) is 48.3 Å². The number of β-lactam (4-membered cyclic amide) rings is 1. The second-order valence-corrected chi connectivity index (χ2v) is 13.5. The minimum Gasteiger partial charge on any atom is -0.457 e. The number of ether oxygens (including phenoxy) is 2. The van der Waals surface area contributed by atoms with Gasteiger partial charge >= 0.3 is 12.1 Å². The van der Waals surface area contributed by atoms with Crippen LogP contribution in [0.3, 0.4) is 0 Å².